The molecule has 5 N–H and O–H groups in total. The Morgan fingerprint density at radius 1 is 1.16 bits per heavy atom. The molecular formula is C22H38B3N5O. The molecule has 7 unspecified atom stereocenters. The summed E-state index contributed by atoms with van der Waals surface area (Å²) in [6.07, 6.45) is 11.1. The van der Waals surface area contributed by atoms with Crippen molar-refractivity contribution in [2.24, 2.45) is 11.8 Å². The van der Waals surface area contributed by atoms with Gasteiger partial charge in [-0.1, -0.05) is 11.6 Å². The average molecular weight is 421 g/mol. The number of fused-ring (bicyclic) bond motifs is 1. The predicted molar refractivity (Wildman–Crippen MR) is 128 cm³/mol. The molecule has 0 aromatic rings. The topological polar surface area (TPSA) is 69.4 Å². The van der Waals surface area contributed by atoms with Gasteiger partial charge in [-0.3, -0.25) is 16.0 Å². The summed E-state index contributed by atoms with van der Waals surface area (Å²) < 4.78 is 6.36. The van der Waals surface area contributed by atoms with Crippen LogP contribution in [0.2, 0.25) is 5.11 Å². The van der Waals surface area contributed by atoms with Crippen LogP contribution in [0.25, 0.3) is 0 Å². The molecule has 9 heteroatoms. The van der Waals surface area contributed by atoms with E-state index < -0.39 is 5.11 Å². The van der Waals surface area contributed by atoms with Gasteiger partial charge in [0.1, 0.15) is 6.29 Å². The van der Waals surface area contributed by atoms with Gasteiger partial charge < -0.3 is 15.4 Å². The minimum Gasteiger partial charge on any atom is -0.377 e. The van der Waals surface area contributed by atoms with E-state index in [0.29, 0.717) is 36.6 Å². The molecule has 0 amide bonds. The van der Waals surface area contributed by atoms with Crippen molar-refractivity contribution < 1.29 is 4.74 Å². The minimum absolute atomic E-state index is 0.0421. The van der Waals surface area contributed by atoms with E-state index in [1.54, 1.807) is 5.57 Å². The Hall–Kier alpha value is -0.305. The molecule has 3 heterocycles. The summed E-state index contributed by atoms with van der Waals surface area (Å²) >= 11 is 0. The highest BCUT2D eigenvalue weighted by molar-refractivity contribution is 6.59. The first-order valence-electron chi connectivity index (χ1n) is 12.3. The van der Waals surface area contributed by atoms with Crippen LogP contribution in [0.3, 0.4) is 0 Å². The van der Waals surface area contributed by atoms with Gasteiger partial charge in [0.2, 0.25) is 0 Å². The van der Waals surface area contributed by atoms with Gasteiger partial charge in [0, 0.05) is 31.2 Å². The third-order valence-corrected chi connectivity index (χ3v) is 7.29. The van der Waals surface area contributed by atoms with Crippen molar-refractivity contribution in [2.45, 2.75) is 87.6 Å². The summed E-state index contributed by atoms with van der Waals surface area (Å²) in [5.74, 6) is 1.17. The Balaban J connectivity index is 1.39. The smallest absolute Gasteiger partial charge is 0.113 e. The number of rotatable bonds is 6. The molecule has 166 valence electrons. The maximum absolute atomic E-state index is 6.36. The summed E-state index contributed by atoms with van der Waals surface area (Å²) in [5, 5.41) is 16.8. The largest absolute Gasteiger partial charge is 0.377 e. The van der Waals surface area contributed by atoms with Gasteiger partial charge in [-0.15, -0.1) is 5.11 Å². The van der Waals surface area contributed by atoms with Gasteiger partial charge in [0.05, 0.1) is 35.8 Å². The lowest BCUT2D eigenvalue weighted by Gasteiger charge is -2.47. The monoisotopic (exact) mass is 421 g/mol. The van der Waals surface area contributed by atoms with Crippen LogP contribution < -0.4 is 26.6 Å². The lowest BCUT2D eigenvalue weighted by Crippen LogP contribution is -2.69. The van der Waals surface area contributed by atoms with Crippen LogP contribution in [-0.4, -0.2) is 80.4 Å². The number of hydrogen-bond acceptors (Lipinski definition) is 6. The summed E-state index contributed by atoms with van der Waals surface area (Å²) in [7, 11) is 17.2. The van der Waals surface area contributed by atoms with Crippen LogP contribution in [0.15, 0.2) is 11.6 Å². The Morgan fingerprint density at radius 3 is 2.87 bits per heavy atom. The molecule has 4 rings (SSSR count). The maximum atomic E-state index is 6.36. The van der Waals surface area contributed by atoms with E-state index >= 15 is 0 Å². The first-order chi connectivity index (χ1) is 14.9. The fourth-order valence-corrected chi connectivity index (χ4v) is 5.92. The van der Waals surface area contributed by atoms with Gasteiger partial charge in [-0.05, 0) is 70.9 Å². The van der Waals surface area contributed by atoms with E-state index in [9.17, 15) is 0 Å². The molecule has 0 aromatic carbocycles. The molecule has 4 aliphatic rings. The summed E-state index contributed by atoms with van der Waals surface area (Å²) in [4.78, 5) is 0. The first kappa shape index (κ1) is 23.8. The van der Waals surface area contributed by atoms with Crippen LogP contribution in [0, 0.1) is 11.8 Å². The van der Waals surface area contributed by atoms with E-state index in [1.807, 2.05) is 0 Å². The molecule has 0 aromatic heterocycles. The number of hydrogen-bond donors (Lipinski definition) is 5. The lowest BCUT2D eigenvalue weighted by atomic mass is 9.43. The Morgan fingerprint density at radius 2 is 2.03 bits per heavy atom. The molecule has 7 atom stereocenters. The van der Waals surface area contributed by atoms with Gasteiger partial charge >= 0.3 is 0 Å². The third kappa shape index (κ3) is 6.84. The lowest BCUT2D eigenvalue weighted by molar-refractivity contribution is -0.0798. The highest BCUT2D eigenvalue weighted by atomic mass is 16.5. The Bertz CT molecular complexity index is 616. The molecule has 3 fully saturated rings. The van der Waals surface area contributed by atoms with Gasteiger partial charge in [0.15, 0.2) is 0 Å². The van der Waals surface area contributed by atoms with Crippen LogP contribution in [-0.2, 0) is 4.74 Å². The first-order valence-corrected chi connectivity index (χ1v) is 12.3. The molecular weight excluding hydrogens is 383 g/mol. The standard InChI is InChI=1S/C22H38B3N5O/c1-14-10-19(27-13-22(23,24)25)30-21(28-14)29-17-11-16-5-3-9-31-20(16)18(12-17)15-4-2-7-26-8-6-15/h6,14,16-21,26-30H,2-5,7-13H2,1H3. The number of nitrogens with one attached hydrogen (secondary N) is 5. The maximum Gasteiger partial charge on any atom is 0.113 e. The second kappa shape index (κ2) is 10.7. The molecule has 31 heavy (non-hydrogen) atoms. The van der Waals surface area contributed by atoms with Crippen molar-refractivity contribution in [3.05, 3.63) is 11.6 Å². The van der Waals surface area contributed by atoms with E-state index in [4.69, 9.17) is 28.3 Å². The zero-order valence-electron chi connectivity index (χ0n) is 19.0. The van der Waals surface area contributed by atoms with Crippen molar-refractivity contribution in [1.29, 1.82) is 0 Å². The second-order valence-corrected chi connectivity index (χ2v) is 10.2. The van der Waals surface area contributed by atoms with Crippen LogP contribution in [0.4, 0.5) is 0 Å². The molecule has 6 nitrogen and oxygen atoms in total. The van der Waals surface area contributed by atoms with Crippen molar-refractivity contribution in [3.63, 3.8) is 0 Å². The van der Waals surface area contributed by atoms with Crippen molar-refractivity contribution in [3.8, 4) is 0 Å². The number of ether oxygens (including phenoxy) is 1. The SMILES string of the molecule is [B]C([B])([B])CNC1CC(C)NC(NC2CC3CCCOC3C(C3=CCNCCC3)C2)N1. The molecule has 3 aliphatic heterocycles. The van der Waals surface area contributed by atoms with Gasteiger partial charge in [-0.2, -0.15) is 0 Å². The third-order valence-electron chi connectivity index (χ3n) is 7.29. The average Bonchev–Trinajstić information content (AvgIpc) is 3.00. The normalized spacial score (nSPS) is 39.9. The molecule has 0 spiro atoms. The highest BCUT2D eigenvalue weighted by Crippen LogP contribution is 2.42. The molecule has 6 radical (unpaired) electrons. The molecule has 1 saturated carbocycles. The fourth-order valence-electron chi connectivity index (χ4n) is 5.92. The highest BCUT2D eigenvalue weighted by Gasteiger charge is 2.42. The molecule has 2 saturated heterocycles. The minimum atomic E-state index is -1.20. The van der Waals surface area contributed by atoms with E-state index in [2.05, 4.69) is 39.6 Å². The van der Waals surface area contributed by atoms with E-state index in [0.717, 1.165) is 32.5 Å². The van der Waals surface area contributed by atoms with Crippen molar-refractivity contribution in [1.82, 2.24) is 26.6 Å². The van der Waals surface area contributed by atoms with Crippen LogP contribution >= 0.6 is 0 Å². The summed E-state index contributed by atoms with van der Waals surface area (Å²) in [6, 6.07) is 0.832. The quantitative estimate of drug-likeness (QED) is 0.312. The van der Waals surface area contributed by atoms with E-state index in [-0.39, 0.29) is 12.5 Å². The second-order valence-electron chi connectivity index (χ2n) is 10.2. The van der Waals surface area contributed by atoms with Crippen molar-refractivity contribution >= 4 is 23.5 Å². The van der Waals surface area contributed by atoms with Gasteiger partial charge in [-0.25, -0.2) is 0 Å². The van der Waals surface area contributed by atoms with E-state index in [1.165, 1.54) is 32.1 Å². The summed E-state index contributed by atoms with van der Waals surface area (Å²) in [6.45, 7) is 5.59. The molecule has 0 bridgehead atoms. The predicted octanol–water partition coefficient (Wildman–Crippen LogP) is 0.210. The molecule has 1 aliphatic carbocycles. The Labute approximate surface area is 192 Å². The fraction of sp³-hybridized carbons (Fsp3) is 0.909. The summed E-state index contributed by atoms with van der Waals surface area (Å²) in [5.41, 5.74) is 1.61. The van der Waals surface area contributed by atoms with Crippen LogP contribution in [0.1, 0.15) is 51.9 Å². The zero-order valence-corrected chi connectivity index (χ0v) is 19.0. The van der Waals surface area contributed by atoms with Gasteiger partial charge in [0.25, 0.3) is 0 Å². The zero-order chi connectivity index (χ0) is 21.8. The van der Waals surface area contributed by atoms with Crippen LogP contribution in [0.5, 0.6) is 0 Å². The Kier molecular flexibility index (Phi) is 8.27. The van der Waals surface area contributed by atoms with Crippen molar-refractivity contribution in [2.75, 3.05) is 26.2 Å².